The van der Waals surface area contributed by atoms with Gasteiger partial charge in [0.25, 0.3) is 0 Å². The number of rotatable bonds is 4. The Hall–Kier alpha value is -2.54. The fourth-order valence-electron chi connectivity index (χ4n) is 6.72. The predicted molar refractivity (Wildman–Crippen MR) is 119 cm³/mol. The second-order valence-electron chi connectivity index (χ2n) is 11.5. The van der Waals surface area contributed by atoms with Crippen molar-refractivity contribution in [3.8, 4) is 5.82 Å². The Labute approximate surface area is 186 Å². The fourth-order valence-corrected chi connectivity index (χ4v) is 6.72. The minimum atomic E-state index is -0.710. The summed E-state index contributed by atoms with van der Waals surface area (Å²) in [5.41, 5.74) is 1.54. The van der Waals surface area contributed by atoms with E-state index in [1.165, 1.54) is 12.8 Å². The smallest absolute Gasteiger partial charge is 0.159 e. The number of nitrogens with zero attached hydrogens (tertiary/aromatic N) is 5. The first-order valence-corrected chi connectivity index (χ1v) is 11.6. The number of aromatic nitrogens is 4. The number of fused-ring (bicyclic) bond motifs is 2. The Morgan fingerprint density at radius 3 is 2.53 bits per heavy atom. The van der Waals surface area contributed by atoms with Crippen LogP contribution in [0, 0.1) is 16.6 Å². The molecule has 5 aliphatic rings. The van der Waals surface area contributed by atoms with Crippen LogP contribution in [0.15, 0.2) is 30.7 Å². The second kappa shape index (κ2) is 5.50. The van der Waals surface area contributed by atoms with E-state index in [1.54, 1.807) is 23.3 Å². The molecule has 1 aromatic carbocycles. The van der Waals surface area contributed by atoms with Gasteiger partial charge in [0.05, 0.1) is 22.7 Å². The van der Waals surface area contributed by atoms with Crippen molar-refractivity contribution in [2.24, 2.45) is 10.8 Å². The fraction of sp³-hybridized carbons (Fsp3) is 0.560. The molecule has 3 aromatic rings. The zero-order valence-corrected chi connectivity index (χ0v) is 18.8. The van der Waals surface area contributed by atoms with Crippen LogP contribution in [0.1, 0.15) is 58.4 Å². The highest BCUT2D eigenvalue weighted by molar-refractivity contribution is 5.82. The molecule has 6 nitrogen and oxygen atoms in total. The highest BCUT2D eigenvalue weighted by Crippen LogP contribution is 2.78. The first-order valence-electron chi connectivity index (χ1n) is 11.6. The molecule has 0 amide bonds. The molecular formula is C25H28FN5O. The molecule has 32 heavy (non-hydrogen) atoms. The van der Waals surface area contributed by atoms with Crippen molar-refractivity contribution in [2.45, 2.75) is 69.9 Å². The molecule has 8 rings (SSSR count). The molecule has 7 heteroatoms. The first kappa shape index (κ1) is 19.0. The molecule has 3 saturated carbocycles. The van der Waals surface area contributed by atoms with Gasteiger partial charge >= 0.3 is 0 Å². The van der Waals surface area contributed by atoms with Gasteiger partial charge in [-0.2, -0.15) is 5.10 Å². The van der Waals surface area contributed by atoms with E-state index in [2.05, 4.69) is 33.0 Å². The lowest BCUT2D eigenvalue weighted by Gasteiger charge is -2.45. The molecule has 0 radical (unpaired) electrons. The van der Waals surface area contributed by atoms with Crippen LogP contribution in [-0.4, -0.2) is 43.0 Å². The Balaban J connectivity index is 1.27. The highest BCUT2D eigenvalue weighted by atomic mass is 19.1. The lowest BCUT2D eigenvalue weighted by Crippen LogP contribution is -2.50. The molecule has 0 unspecified atom stereocenters. The van der Waals surface area contributed by atoms with Gasteiger partial charge in [-0.1, -0.05) is 6.92 Å². The molecule has 2 bridgehead atoms. The molecule has 1 N–H and O–H groups in total. The molecule has 2 saturated heterocycles. The normalized spacial score (nSPS) is 31.9. The van der Waals surface area contributed by atoms with Gasteiger partial charge < -0.3 is 10.0 Å². The van der Waals surface area contributed by atoms with E-state index in [0.29, 0.717) is 22.7 Å². The summed E-state index contributed by atoms with van der Waals surface area (Å²) in [5.74, 6) is 1.27. The highest BCUT2D eigenvalue weighted by Gasteiger charge is 2.71. The van der Waals surface area contributed by atoms with E-state index in [-0.39, 0.29) is 16.6 Å². The monoisotopic (exact) mass is 433 g/mol. The van der Waals surface area contributed by atoms with Gasteiger partial charge in [0, 0.05) is 24.1 Å². The second-order valence-corrected chi connectivity index (χ2v) is 11.5. The molecule has 166 valence electrons. The summed E-state index contributed by atoms with van der Waals surface area (Å²) < 4.78 is 16.8. The van der Waals surface area contributed by atoms with Crippen LogP contribution in [0.5, 0.6) is 0 Å². The van der Waals surface area contributed by atoms with Gasteiger partial charge in [-0.05, 0) is 74.5 Å². The number of anilines is 1. The Morgan fingerprint density at radius 1 is 1.12 bits per heavy atom. The van der Waals surface area contributed by atoms with Crippen molar-refractivity contribution in [3.05, 3.63) is 42.1 Å². The summed E-state index contributed by atoms with van der Waals surface area (Å²) in [6.07, 6.45) is 8.77. The third-order valence-electron chi connectivity index (χ3n) is 9.48. The predicted octanol–water partition coefficient (Wildman–Crippen LogP) is 4.14. The van der Waals surface area contributed by atoms with Crippen molar-refractivity contribution >= 4 is 16.7 Å². The quantitative estimate of drug-likeness (QED) is 0.670. The summed E-state index contributed by atoms with van der Waals surface area (Å²) in [6.45, 7) is 6.87. The Kier molecular flexibility index (Phi) is 3.26. The number of halogens is 1. The summed E-state index contributed by atoms with van der Waals surface area (Å²) in [4.78, 5) is 11.3. The van der Waals surface area contributed by atoms with Crippen LogP contribution >= 0.6 is 0 Å². The lowest BCUT2D eigenvalue weighted by molar-refractivity contribution is -0.0754. The summed E-state index contributed by atoms with van der Waals surface area (Å²) >= 11 is 0. The van der Waals surface area contributed by atoms with Crippen LogP contribution < -0.4 is 4.90 Å². The maximum atomic E-state index is 15.0. The molecule has 5 fully saturated rings. The molecule has 1 atom stereocenters. The van der Waals surface area contributed by atoms with Crippen LogP contribution in [0.2, 0.25) is 0 Å². The van der Waals surface area contributed by atoms with E-state index in [0.717, 1.165) is 42.7 Å². The van der Waals surface area contributed by atoms with Gasteiger partial charge in [0.15, 0.2) is 5.82 Å². The Bertz CT molecular complexity index is 1280. The number of aliphatic hydroxyl groups is 1. The number of hydrogen-bond donors (Lipinski definition) is 1. The lowest BCUT2D eigenvalue weighted by atomic mass is 9.61. The third-order valence-corrected chi connectivity index (χ3v) is 9.48. The molecule has 3 aliphatic carbocycles. The number of hydrogen-bond acceptors (Lipinski definition) is 5. The summed E-state index contributed by atoms with van der Waals surface area (Å²) in [5, 5.41) is 15.7. The minimum absolute atomic E-state index is 0.0717. The average Bonchev–Trinajstić information content (AvgIpc) is 3.36. The number of benzene rings is 1. The van der Waals surface area contributed by atoms with Crippen molar-refractivity contribution in [1.82, 2.24) is 19.7 Å². The van der Waals surface area contributed by atoms with E-state index in [4.69, 9.17) is 0 Å². The van der Waals surface area contributed by atoms with Gasteiger partial charge in [0.1, 0.15) is 18.0 Å². The SMILES string of the molecule is CC(C)(O)C12CC(C1)N(c1cc(-n3ncc4c(F)cc([C@]5(C)CC56CC6)cc43)ncn1)C2. The standard InChI is InChI=1S/C25H28FN5O/c1-22(2,32)25-9-16(10-25)30(13-25)20-8-21(28-14-27-20)31-19-7-15(6-18(26)17(19)11-29-31)23(3)12-24(23)4-5-24/h6-8,11,14,16,32H,4-5,9-10,12-13H2,1-3H3/t16?,23-,25?/m0/s1. The van der Waals surface area contributed by atoms with Crippen molar-refractivity contribution in [3.63, 3.8) is 0 Å². The van der Waals surface area contributed by atoms with Crippen molar-refractivity contribution in [1.29, 1.82) is 0 Å². The zero-order chi connectivity index (χ0) is 22.1. The maximum absolute atomic E-state index is 15.0. The molecule has 2 aromatic heterocycles. The maximum Gasteiger partial charge on any atom is 0.159 e. The zero-order valence-electron chi connectivity index (χ0n) is 18.8. The van der Waals surface area contributed by atoms with E-state index in [1.807, 2.05) is 19.9 Å². The first-order chi connectivity index (χ1) is 15.1. The summed E-state index contributed by atoms with van der Waals surface area (Å²) in [6, 6.07) is 6.15. The third kappa shape index (κ3) is 2.25. The summed E-state index contributed by atoms with van der Waals surface area (Å²) in [7, 11) is 0. The molecular weight excluding hydrogens is 405 g/mol. The molecule has 1 spiro atoms. The van der Waals surface area contributed by atoms with Crippen LogP contribution in [0.4, 0.5) is 10.2 Å². The van der Waals surface area contributed by atoms with Crippen LogP contribution in [-0.2, 0) is 5.41 Å². The minimum Gasteiger partial charge on any atom is -0.390 e. The molecule has 4 heterocycles. The Morgan fingerprint density at radius 2 is 1.88 bits per heavy atom. The van der Waals surface area contributed by atoms with Crippen LogP contribution in [0.25, 0.3) is 16.7 Å². The largest absolute Gasteiger partial charge is 0.390 e. The van der Waals surface area contributed by atoms with Gasteiger partial charge in [-0.25, -0.2) is 19.0 Å². The van der Waals surface area contributed by atoms with Crippen molar-refractivity contribution in [2.75, 3.05) is 11.4 Å². The van der Waals surface area contributed by atoms with Crippen molar-refractivity contribution < 1.29 is 9.50 Å². The van der Waals surface area contributed by atoms with E-state index < -0.39 is 5.60 Å². The van der Waals surface area contributed by atoms with E-state index >= 15 is 4.39 Å². The van der Waals surface area contributed by atoms with Gasteiger partial charge in [0.2, 0.25) is 0 Å². The average molecular weight is 434 g/mol. The molecule has 2 aliphatic heterocycles. The van der Waals surface area contributed by atoms with Gasteiger partial charge in [-0.15, -0.1) is 0 Å². The van der Waals surface area contributed by atoms with E-state index in [9.17, 15) is 5.11 Å². The van der Waals surface area contributed by atoms with Crippen LogP contribution in [0.3, 0.4) is 0 Å². The van der Waals surface area contributed by atoms with Gasteiger partial charge in [-0.3, -0.25) is 0 Å². The topological polar surface area (TPSA) is 67.1 Å².